The molecule has 0 aliphatic carbocycles. The van der Waals surface area contributed by atoms with Crippen LogP contribution in [0.1, 0.15) is 12.8 Å². The second kappa shape index (κ2) is 5.30. The molecule has 0 radical (unpaired) electrons. The van der Waals surface area contributed by atoms with Crippen molar-refractivity contribution in [2.75, 3.05) is 0 Å². The Morgan fingerprint density at radius 1 is 1.39 bits per heavy atom. The molecule has 1 aromatic heterocycles. The summed E-state index contributed by atoms with van der Waals surface area (Å²) in [6.07, 6.45) is 0.235. The number of halogens is 1. The number of hydrogen-bond donors (Lipinski definition) is 1. The molecule has 0 saturated carbocycles. The zero-order valence-corrected chi connectivity index (χ0v) is 11.2. The average molecular weight is 311 g/mol. The summed E-state index contributed by atoms with van der Waals surface area (Å²) < 4.78 is 6.39. The van der Waals surface area contributed by atoms with Crippen molar-refractivity contribution >= 4 is 21.9 Å². The molecule has 1 atom stereocenters. The standard InChI is InChI=1S/C12H11BrN2O3/c1-7(12(16)17)6-10-14-15-11(18-10)8-2-4-9(13)5-3-8/h2-5,7H,6H2,1H3,(H,16,17). The van der Waals surface area contributed by atoms with Gasteiger partial charge in [-0.1, -0.05) is 22.9 Å². The number of aromatic nitrogens is 2. The second-order valence-corrected chi connectivity index (χ2v) is 4.87. The van der Waals surface area contributed by atoms with Crippen LogP contribution in [-0.2, 0) is 11.2 Å². The van der Waals surface area contributed by atoms with Gasteiger partial charge in [0.05, 0.1) is 5.92 Å². The van der Waals surface area contributed by atoms with Gasteiger partial charge in [0, 0.05) is 16.5 Å². The van der Waals surface area contributed by atoms with Gasteiger partial charge in [-0.2, -0.15) is 0 Å². The highest BCUT2D eigenvalue weighted by molar-refractivity contribution is 9.10. The number of carboxylic acid groups (broad SMARTS) is 1. The minimum Gasteiger partial charge on any atom is -0.481 e. The number of rotatable bonds is 4. The molecular formula is C12H11BrN2O3. The first kappa shape index (κ1) is 12.8. The minimum absolute atomic E-state index is 0.235. The van der Waals surface area contributed by atoms with Crippen LogP contribution in [0.2, 0.25) is 0 Å². The topological polar surface area (TPSA) is 76.2 Å². The minimum atomic E-state index is -0.876. The number of benzene rings is 1. The summed E-state index contributed by atoms with van der Waals surface area (Å²) in [5.74, 6) is -0.681. The van der Waals surface area contributed by atoms with Crippen molar-refractivity contribution in [3.05, 3.63) is 34.6 Å². The molecule has 94 valence electrons. The van der Waals surface area contributed by atoms with Crippen LogP contribution in [0.3, 0.4) is 0 Å². The van der Waals surface area contributed by atoms with Crippen molar-refractivity contribution in [1.82, 2.24) is 10.2 Å². The van der Waals surface area contributed by atoms with Gasteiger partial charge in [-0.25, -0.2) is 0 Å². The zero-order valence-electron chi connectivity index (χ0n) is 9.63. The molecule has 0 saturated heterocycles. The highest BCUT2D eigenvalue weighted by Gasteiger charge is 2.16. The van der Waals surface area contributed by atoms with Crippen LogP contribution >= 0.6 is 15.9 Å². The number of aliphatic carboxylic acids is 1. The molecule has 0 aliphatic rings. The van der Waals surface area contributed by atoms with E-state index in [0.29, 0.717) is 11.8 Å². The summed E-state index contributed by atoms with van der Waals surface area (Å²) in [5.41, 5.74) is 0.805. The molecule has 6 heteroatoms. The van der Waals surface area contributed by atoms with Gasteiger partial charge < -0.3 is 9.52 Å². The van der Waals surface area contributed by atoms with E-state index < -0.39 is 11.9 Å². The third kappa shape index (κ3) is 2.95. The van der Waals surface area contributed by atoms with Crippen LogP contribution in [0.4, 0.5) is 0 Å². The van der Waals surface area contributed by atoms with Gasteiger partial charge in [0.1, 0.15) is 0 Å². The maximum atomic E-state index is 10.7. The van der Waals surface area contributed by atoms with E-state index in [1.54, 1.807) is 6.92 Å². The van der Waals surface area contributed by atoms with Crippen molar-refractivity contribution < 1.29 is 14.3 Å². The fourth-order valence-corrected chi connectivity index (χ4v) is 1.66. The van der Waals surface area contributed by atoms with E-state index in [-0.39, 0.29) is 6.42 Å². The van der Waals surface area contributed by atoms with Crippen LogP contribution in [0.15, 0.2) is 33.2 Å². The van der Waals surface area contributed by atoms with E-state index in [9.17, 15) is 4.79 Å². The molecular weight excluding hydrogens is 300 g/mol. The van der Waals surface area contributed by atoms with Crippen molar-refractivity contribution in [2.24, 2.45) is 5.92 Å². The van der Waals surface area contributed by atoms with E-state index in [1.807, 2.05) is 24.3 Å². The van der Waals surface area contributed by atoms with E-state index in [1.165, 1.54) is 0 Å². The monoisotopic (exact) mass is 310 g/mol. The predicted molar refractivity (Wildman–Crippen MR) is 67.9 cm³/mol. The molecule has 0 aliphatic heterocycles. The van der Waals surface area contributed by atoms with Crippen molar-refractivity contribution in [3.63, 3.8) is 0 Å². The third-order valence-corrected chi connectivity index (χ3v) is 2.99. The third-order valence-electron chi connectivity index (χ3n) is 2.46. The van der Waals surface area contributed by atoms with Gasteiger partial charge in [-0.15, -0.1) is 10.2 Å². The summed E-state index contributed by atoms with van der Waals surface area (Å²) in [6, 6.07) is 7.45. The Kier molecular flexibility index (Phi) is 3.76. The molecule has 0 bridgehead atoms. The number of hydrogen-bond acceptors (Lipinski definition) is 4. The maximum Gasteiger partial charge on any atom is 0.306 e. The second-order valence-electron chi connectivity index (χ2n) is 3.95. The van der Waals surface area contributed by atoms with Gasteiger partial charge in [-0.05, 0) is 24.3 Å². The Bertz CT molecular complexity index is 551. The average Bonchev–Trinajstić information content (AvgIpc) is 2.78. The number of nitrogens with zero attached hydrogens (tertiary/aromatic N) is 2. The first-order chi connectivity index (χ1) is 8.56. The summed E-state index contributed by atoms with van der Waals surface area (Å²) in [5, 5.41) is 16.6. The lowest BCUT2D eigenvalue weighted by atomic mass is 10.1. The molecule has 18 heavy (non-hydrogen) atoms. The predicted octanol–water partition coefficient (Wildman–Crippen LogP) is 2.76. The zero-order chi connectivity index (χ0) is 13.1. The van der Waals surface area contributed by atoms with E-state index in [2.05, 4.69) is 26.1 Å². The van der Waals surface area contributed by atoms with Gasteiger partial charge in [0.25, 0.3) is 0 Å². The normalized spacial score (nSPS) is 12.3. The highest BCUT2D eigenvalue weighted by atomic mass is 79.9. The molecule has 0 spiro atoms. The van der Waals surface area contributed by atoms with E-state index in [0.717, 1.165) is 10.0 Å². The van der Waals surface area contributed by atoms with Gasteiger partial charge in [0.15, 0.2) is 0 Å². The Labute approximate surface area is 112 Å². The fourth-order valence-electron chi connectivity index (χ4n) is 1.39. The molecule has 0 fully saturated rings. The lowest BCUT2D eigenvalue weighted by Gasteiger charge is -2.00. The van der Waals surface area contributed by atoms with Crippen molar-refractivity contribution in [1.29, 1.82) is 0 Å². The van der Waals surface area contributed by atoms with Gasteiger partial charge in [-0.3, -0.25) is 4.79 Å². The lowest BCUT2D eigenvalue weighted by molar-refractivity contribution is -0.141. The quantitative estimate of drug-likeness (QED) is 0.939. The van der Waals surface area contributed by atoms with Crippen LogP contribution < -0.4 is 0 Å². The number of carbonyl (C=O) groups is 1. The SMILES string of the molecule is CC(Cc1nnc(-c2ccc(Br)cc2)o1)C(=O)O. The summed E-state index contributed by atoms with van der Waals surface area (Å²) >= 11 is 3.34. The Morgan fingerprint density at radius 2 is 2.06 bits per heavy atom. The highest BCUT2D eigenvalue weighted by Crippen LogP contribution is 2.21. The number of carboxylic acids is 1. The first-order valence-corrected chi connectivity index (χ1v) is 6.16. The molecule has 1 unspecified atom stereocenters. The molecule has 2 rings (SSSR count). The van der Waals surface area contributed by atoms with Crippen LogP contribution in [0.25, 0.3) is 11.5 Å². The Balaban J connectivity index is 2.15. The molecule has 2 aromatic rings. The van der Waals surface area contributed by atoms with Crippen LogP contribution in [0, 0.1) is 5.92 Å². The maximum absolute atomic E-state index is 10.7. The Morgan fingerprint density at radius 3 is 2.67 bits per heavy atom. The smallest absolute Gasteiger partial charge is 0.306 e. The molecule has 1 N–H and O–H groups in total. The summed E-state index contributed by atoms with van der Waals surface area (Å²) in [7, 11) is 0. The van der Waals surface area contributed by atoms with Gasteiger partial charge >= 0.3 is 5.97 Å². The van der Waals surface area contributed by atoms with E-state index >= 15 is 0 Å². The fraction of sp³-hybridized carbons (Fsp3) is 0.250. The Hall–Kier alpha value is -1.69. The molecule has 5 nitrogen and oxygen atoms in total. The lowest BCUT2D eigenvalue weighted by Crippen LogP contribution is -2.12. The van der Waals surface area contributed by atoms with E-state index in [4.69, 9.17) is 9.52 Å². The van der Waals surface area contributed by atoms with Crippen molar-refractivity contribution in [3.8, 4) is 11.5 Å². The van der Waals surface area contributed by atoms with Crippen LogP contribution in [0.5, 0.6) is 0 Å². The van der Waals surface area contributed by atoms with Crippen LogP contribution in [-0.4, -0.2) is 21.3 Å². The molecule has 0 amide bonds. The molecule has 1 aromatic carbocycles. The van der Waals surface area contributed by atoms with Gasteiger partial charge in [0.2, 0.25) is 11.8 Å². The summed E-state index contributed by atoms with van der Waals surface area (Å²) in [6.45, 7) is 1.60. The molecule has 1 heterocycles. The largest absolute Gasteiger partial charge is 0.481 e. The summed E-state index contributed by atoms with van der Waals surface area (Å²) in [4.78, 5) is 10.7. The van der Waals surface area contributed by atoms with Crippen molar-refractivity contribution in [2.45, 2.75) is 13.3 Å². The first-order valence-electron chi connectivity index (χ1n) is 5.37.